The van der Waals surface area contributed by atoms with Crippen molar-refractivity contribution in [1.29, 1.82) is 0 Å². The summed E-state index contributed by atoms with van der Waals surface area (Å²) in [6.07, 6.45) is 0. The van der Waals surface area contributed by atoms with E-state index in [-0.39, 0.29) is 469 Å². The molecule has 0 N–H and O–H groups in total. The molecule has 13 radical (unpaired) electrons. The van der Waals surface area contributed by atoms with Crippen LogP contribution in [0.1, 0.15) is 0 Å². The Kier molecular flexibility index (Phi) is 1910. The molecule has 0 spiro atoms. The molecule has 0 atom stereocenters. The van der Waals surface area contributed by atoms with Gasteiger partial charge in [-0.2, -0.15) is 0 Å². The van der Waals surface area contributed by atoms with Crippen LogP contribution >= 0.6 is 0 Å². The zero-order valence-corrected chi connectivity index (χ0v) is 50.2. The second-order valence-electron chi connectivity index (χ2n) is 0. The van der Waals surface area contributed by atoms with Crippen LogP contribution in [0.4, 0.5) is 0 Å². The maximum Gasteiger partial charge on any atom is 0 e. The van der Waals surface area contributed by atoms with Crippen molar-refractivity contribution < 1.29 is 410 Å². The van der Waals surface area contributed by atoms with Gasteiger partial charge in [0.25, 0.3) is 0 Å². The Labute approximate surface area is 454 Å². The topological polar surface area (TPSA) is 0 Å². The molecule has 0 nitrogen and oxygen atoms in total. The molecule has 0 rings (SSSR count). The van der Waals surface area contributed by atoms with E-state index < -0.39 is 0 Å². The maximum atomic E-state index is 0. The van der Waals surface area contributed by atoms with Gasteiger partial charge in [-0.05, 0) is 0 Å². The van der Waals surface area contributed by atoms with E-state index in [2.05, 4.69) is 0 Å². The maximum absolute atomic E-state index is 0. The third-order valence-electron chi connectivity index (χ3n) is 0. The summed E-state index contributed by atoms with van der Waals surface area (Å²) in [5.74, 6) is 0. The van der Waals surface area contributed by atoms with E-state index in [0.29, 0.717) is 0 Å². The van der Waals surface area contributed by atoms with Gasteiger partial charge in [0.1, 0.15) is 0 Å². The minimum atomic E-state index is 0. The Hall–Kier alpha value is 13.8. The van der Waals surface area contributed by atoms with E-state index in [1.54, 1.807) is 0 Å². The molecule has 0 aliphatic heterocycles. The largest absolute Gasteiger partial charge is 0.358 e. The van der Waals surface area contributed by atoms with Crippen molar-refractivity contribution in [2.75, 3.05) is 0 Å². The van der Waals surface area contributed by atoms with Gasteiger partial charge in [-0.3, -0.25) is 0 Å². The van der Waals surface area contributed by atoms with Crippen molar-refractivity contribution >= 4 is 0 Å². The van der Waals surface area contributed by atoms with E-state index >= 15 is 0 Å². The number of hydrogen-bond acceptors (Lipinski definition) is 0. The molecule has 0 fully saturated rings. The van der Waals surface area contributed by atoms with Crippen molar-refractivity contribution in [3.63, 3.8) is 0 Å². The van der Waals surface area contributed by atoms with E-state index in [9.17, 15) is 0 Å². The van der Waals surface area contributed by atoms with Gasteiger partial charge in [-0.15, -0.1) is 0 Å². The van der Waals surface area contributed by atoms with Gasteiger partial charge in [0.05, 0.1) is 0 Å². The summed E-state index contributed by atoms with van der Waals surface area (Å²) in [6.45, 7) is 0. The quantitative estimate of drug-likeness (QED) is 0.258. The van der Waals surface area contributed by atoms with Crippen molar-refractivity contribution in [2.24, 2.45) is 0 Å². The zero-order chi connectivity index (χ0) is 0. The molecule has 0 unspecified atom stereocenters. The van der Waals surface area contributed by atoms with E-state index in [1.165, 1.54) is 0 Å². The summed E-state index contributed by atoms with van der Waals surface area (Å²) in [5.41, 5.74) is 0. The van der Waals surface area contributed by atoms with E-state index in [1.807, 2.05) is 0 Å². The molecule has 0 aromatic heterocycles. The second kappa shape index (κ2) is 191. The molecule has 0 aromatic rings. The molecular weight excluding hydrogens is 1230 g/mol. The van der Waals surface area contributed by atoms with Crippen molar-refractivity contribution in [3.05, 3.63) is 59.4 Å². The van der Waals surface area contributed by atoms with Crippen LogP contribution in [0.25, 0.3) is 0 Å². The second-order valence-corrected chi connectivity index (χ2v) is 0. The van der Waals surface area contributed by atoms with Gasteiger partial charge in [0.2, 0.25) is 0 Å². The first-order chi connectivity index (χ1) is 0. The molecule has 0 aliphatic rings. The van der Waals surface area contributed by atoms with E-state index in [4.69, 9.17) is 0 Å². The van der Waals surface area contributed by atoms with Crippen molar-refractivity contribution in [1.82, 2.24) is 0 Å². The predicted molar refractivity (Wildman–Crippen MR) is 51.3 cm³/mol. The molecule has 21 heavy (non-hydrogen) atoms. The van der Waals surface area contributed by atoms with Gasteiger partial charge in [-0.1, -0.05) is 0 Å². The van der Waals surface area contributed by atoms with Gasteiger partial charge in [0.15, 0.2) is 0 Å². The average Bonchev–Trinajstić information content (AvgIpc) is 0. The monoisotopic (exact) mass is 1250 g/mol. The van der Waals surface area contributed by atoms with Gasteiger partial charge in [-0.25, -0.2) is 0 Å². The Balaban J connectivity index is 0. The van der Waals surface area contributed by atoms with Crippen LogP contribution in [0.5, 0.6) is 0 Å². The standard InChI is InChI=1S/8CH3.Cu.12Y/h8*1H3;;;;;;;;;;;;;/q8*-1;;;;;;;;;;;;;. The molecule has 0 saturated carbocycles. The molecule has 0 aliphatic carbocycles. The van der Waals surface area contributed by atoms with Crippen LogP contribution in [0.15, 0.2) is 0 Å². The number of rotatable bonds is 0. The molecule has 0 aromatic carbocycles. The van der Waals surface area contributed by atoms with E-state index in [0.717, 1.165) is 0 Å². The van der Waals surface area contributed by atoms with Crippen LogP contribution in [0, 0.1) is 59.4 Å². The van der Waals surface area contributed by atoms with Crippen LogP contribution in [-0.2, 0) is 410 Å². The number of hydrogen-bond donors (Lipinski definition) is 0. The Bertz CT molecular complexity index is 25.2. The molecule has 0 amide bonds. The average molecular weight is 1250 g/mol. The summed E-state index contributed by atoms with van der Waals surface area (Å²) < 4.78 is 0. The van der Waals surface area contributed by atoms with Crippen LogP contribution < -0.4 is 0 Å². The fourth-order valence-corrected chi connectivity index (χ4v) is 0. The smallest absolute Gasteiger partial charge is 0 e. The third kappa shape index (κ3) is 180. The fourth-order valence-electron chi connectivity index (χ4n) is 0. The van der Waals surface area contributed by atoms with Gasteiger partial charge in [0, 0.05) is 410 Å². The summed E-state index contributed by atoms with van der Waals surface area (Å²) >= 11 is 0. The van der Waals surface area contributed by atoms with Gasteiger partial charge >= 0.3 is 0 Å². The SMILES string of the molecule is [CH3-].[CH3-].[CH3-].[CH3-].[CH3-].[CH3-].[CH3-].[CH3-].[Cu].[Y].[Y].[Y].[Y].[Y].[Y].[Y].[Y].[Y].[Y].[Y].[Y]. The first-order valence-corrected chi connectivity index (χ1v) is 0. The van der Waals surface area contributed by atoms with Crippen LogP contribution in [0.2, 0.25) is 0 Å². The molecule has 0 heterocycles. The van der Waals surface area contributed by atoms with Crippen molar-refractivity contribution in [2.45, 2.75) is 0 Å². The summed E-state index contributed by atoms with van der Waals surface area (Å²) in [4.78, 5) is 0. The van der Waals surface area contributed by atoms with Crippen LogP contribution in [0.3, 0.4) is 0 Å². The third-order valence-corrected chi connectivity index (χ3v) is 0. The molecular formula is C8H24CuY12-8. The fraction of sp³-hybridized carbons (Fsp3) is 0. The molecule has 0 saturated heterocycles. The predicted octanol–water partition coefficient (Wildman–Crippen LogP) is 3.57. The summed E-state index contributed by atoms with van der Waals surface area (Å²) in [5, 5.41) is 0. The molecule has 0 bridgehead atoms. The summed E-state index contributed by atoms with van der Waals surface area (Å²) in [6, 6.07) is 0. The normalized spacial score (nSPS) is 0. The molecule has 111 valence electrons. The van der Waals surface area contributed by atoms with Crippen molar-refractivity contribution in [3.8, 4) is 0 Å². The molecule has 13 heteroatoms. The Morgan fingerprint density at radius 2 is 0.143 bits per heavy atom. The van der Waals surface area contributed by atoms with Gasteiger partial charge < -0.3 is 59.4 Å². The van der Waals surface area contributed by atoms with Crippen LogP contribution in [-0.4, -0.2) is 0 Å². The minimum absolute atomic E-state index is 0. The first kappa shape index (κ1) is 209. The Morgan fingerprint density at radius 3 is 0.143 bits per heavy atom. The summed E-state index contributed by atoms with van der Waals surface area (Å²) in [7, 11) is 0. The Morgan fingerprint density at radius 1 is 0.143 bits per heavy atom. The minimum Gasteiger partial charge on any atom is -0.358 e. The zero-order valence-electron chi connectivity index (χ0n) is 15.2. The first-order valence-electron chi connectivity index (χ1n) is 0.